The number of likely N-dealkylation sites (N-methyl/N-ethyl adjacent to an activating group) is 1. The van der Waals surface area contributed by atoms with E-state index in [0.29, 0.717) is 0 Å². The van der Waals surface area contributed by atoms with E-state index in [-0.39, 0.29) is 6.04 Å². The molecule has 100 valence electrons. The number of hydrogen-bond acceptors (Lipinski definition) is 3. The van der Waals surface area contributed by atoms with Crippen molar-refractivity contribution in [3.63, 3.8) is 0 Å². The Labute approximate surface area is 115 Å². The van der Waals surface area contributed by atoms with Gasteiger partial charge in [0.05, 0.1) is 10.7 Å². The molecule has 0 saturated carbocycles. The van der Waals surface area contributed by atoms with Crippen LogP contribution in [0.15, 0.2) is 18.2 Å². The molecule has 18 heavy (non-hydrogen) atoms. The fourth-order valence-corrected chi connectivity index (χ4v) is 2.68. The molecule has 0 aliphatic carbocycles. The molecule has 0 radical (unpaired) electrons. The van der Waals surface area contributed by atoms with Gasteiger partial charge in [0.15, 0.2) is 0 Å². The molecule has 1 aromatic rings. The summed E-state index contributed by atoms with van der Waals surface area (Å²) in [5.74, 6) is 0. The predicted octanol–water partition coefficient (Wildman–Crippen LogP) is 2.50. The molecule has 0 spiro atoms. The van der Waals surface area contributed by atoms with Crippen LogP contribution in [-0.2, 0) is 0 Å². The summed E-state index contributed by atoms with van der Waals surface area (Å²) >= 11 is 6.37. The molecule has 0 amide bonds. The lowest BCUT2D eigenvalue weighted by atomic mass is 10.1. The number of halogens is 1. The third kappa shape index (κ3) is 2.97. The molecule has 0 aromatic heterocycles. The van der Waals surface area contributed by atoms with Crippen molar-refractivity contribution in [2.24, 2.45) is 5.73 Å². The van der Waals surface area contributed by atoms with Gasteiger partial charge in [-0.3, -0.25) is 0 Å². The Morgan fingerprint density at radius 3 is 2.44 bits per heavy atom. The summed E-state index contributed by atoms with van der Waals surface area (Å²) in [5, 5.41) is 0.815. The molecule has 1 heterocycles. The Morgan fingerprint density at radius 2 is 1.94 bits per heavy atom. The molecule has 2 N–H and O–H groups in total. The number of nitrogens with zero attached hydrogens (tertiary/aromatic N) is 2. The highest BCUT2D eigenvalue weighted by atomic mass is 35.5. The molecule has 0 unspecified atom stereocenters. The number of piperazine rings is 1. The molecule has 3 nitrogen and oxygen atoms in total. The minimum Gasteiger partial charge on any atom is -0.368 e. The number of hydrogen-bond donors (Lipinski definition) is 1. The van der Waals surface area contributed by atoms with Crippen LogP contribution in [0.5, 0.6) is 0 Å². The Bertz CT molecular complexity index is 398. The van der Waals surface area contributed by atoms with E-state index in [4.69, 9.17) is 17.3 Å². The fraction of sp³-hybridized carbons (Fsp3) is 0.571. The third-order valence-corrected chi connectivity index (χ3v) is 3.96. The van der Waals surface area contributed by atoms with Gasteiger partial charge in [0.2, 0.25) is 0 Å². The zero-order chi connectivity index (χ0) is 13.1. The Hall–Kier alpha value is -0.770. The monoisotopic (exact) mass is 267 g/mol. The maximum Gasteiger partial charge on any atom is 0.0642 e. The van der Waals surface area contributed by atoms with Crippen molar-refractivity contribution in [1.82, 2.24) is 4.90 Å². The van der Waals surface area contributed by atoms with Gasteiger partial charge in [-0.25, -0.2) is 0 Å². The average molecular weight is 268 g/mol. The minimum absolute atomic E-state index is 0.0356. The first-order chi connectivity index (χ1) is 8.61. The molecule has 4 heteroatoms. The van der Waals surface area contributed by atoms with Gasteiger partial charge in [-0.15, -0.1) is 0 Å². The summed E-state index contributed by atoms with van der Waals surface area (Å²) in [5.41, 5.74) is 8.10. The highest BCUT2D eigenvalue weighted by Gasteiger charge is 2.18. The molecule has 1 aromatic carbocycles. The van der Waals surface area contributed by atoms with Crippen LogP contribution in [0.2, 0.25) is 5.02 Å². The van der Waals surface area contributed by atoms with E-state index >= 15 is 0 Å². The number of nitrogens with two attached hydrogens (primary N) is 1. The van der Waals surface area contributed by atoms with E-state index in [2.05, 4.69) is 28.9 Å². The van der Waals surface area contributed by atoms with E-state index in [1.165, 1.54) is 0 Å². The lowest BCUT2D eigenvalue weighted by molar-refractivity contribution is 0.271. The highest BCUT2D eigenvalue weighted by Crippen LogP contribution is 2.29. The van der Waals surface area contributed by atoms with Gasteiger partial charge in [0.1, 0.15) is 0 Å². The standard InChI is InChI=1S/C14H22ClN3/c1-3-17-6-8-18(9-7-17)14-5-4-12(11(2)16)10-13(14)15/h4-5,10-11H,3,6-9,16H2,1-2H3/t11-/m0/s1. The lowest BCUT2D eigenvalue weighted by Crippen LogP contribution is -2.46. The van der Waals surface area contributed by atoms with E-state index in [9.17, 15) is 0 Å². The summed E-state index contributed by atoms with van der Waals surface area (Å²) in [6.45, 7) is 9.64. The van der Waals surface area contributed by atoms with Gasteiger partial charge in [-0.05, 0) is 31.2 Å². The molecule has 1 saturated heterocycles. The molecule has 1 atom stereocenters. The molecule has 2 rings (SSSR count). The summed E-state index contributed by atoms with van der Waals surface area (Å²) < 4.78 is 0. The number of anilines is 1. The van der Waals surface area contributed by atoms with Crippen molar-refractivity contribution >= 4 is 17.3 Å². The van der Waals surface area contributed by atoms with Gasteiger partial charge in [0, 0.05) is 32.2 Å². The van der Waals surface area contributed by atoms with Gasteiger partial charge >= 0.3 is 0 Å². The maximum absolute atomic E-state index is 6.37. The Balaban J connectivity index is 2.10. The van der Waals surface area contributed by atoms with E-state index in [1.54, 1.807) is 0 Å². The topological polar surface area (TPSA) is 32.5 Å². The van der Waals surface area contributed by atoms with Crippen LogP contribution in [-0.4, -0.2) is 37.6 Å². The van der Waals surface area contributed by atoms with Crippen molar-refractivity contribution in [2.45, 2.75) is 19.9 Å². The van der Waals surface area contributed by atoms with Crippen molar-refractivity contribution in [1.29, 1.82) is 0 Å². The zero-order valence-electron chi connectivity index (χ0n) is 11.2. The number of benzene rings is 1. The van der Waals surface area contributed by atoms with Crippen LogP contribution in [0.3, 0.4) is 0 Å². The van der Waals surface area contributed by atoms with Crippen molar-refractivity contribution in [3.05, 3.63) is 28.8 Å². The normalized spacial score (nSPS) is 19.0. The maximum atomic E-state index is 6.37. The average Bonchev–Trinajstić information content (AvgIpc) is 2.38. The third-order valence-electron chi connectivity index (χ3n) is 3.66. The van der Waals surface area contributed by atoms with Gasteiger partial charge in [0.25, 0.3) is 0 Å². The van der Waals surface area contributed by atoms with Crippen molar-refractivity contribution < 1.29 is 0 Å². The lowest BCUT2D eigenvalue weighted by Gasteiger charge is -2.36. The van der Waals surface area contributed by atoms with E-state index in [1.807, 2.05) is 13.0 Å². The molecular weight excluding hydrogens is 246 g/mol. The van der Waals surface area contributed by atoms with Gasteiger partial charge in [-0.1, -0.05) is 24.6 Å². The number of rotatable bonds is 3. The van der Waals surface area contributed by atoms with Crippen LogP contribution >= 0.6 is 11.6 Å². The predicted molar refractivity (Wildman–Crippen MR) is 78.4 cm³/mol. The summed E-state index contributed by atoms with van der Waals surface area (Å²) in [6, 6.07) is 6.21. The van der Waals surface area contributed by atoms with Crippen molar-refractivity contribution in [2.75, 3.05) is 37.6 Å². The summed E-state index contributed by atoms with van der Waals surface area (Å²) in [7, 11) is 0. The van der Waals surface area contributed by atoms with E-state index < -0.39 is 0 Å². The van der Waals surface area contributed by atoms with E-state index in [0.717, 1.165) is 49.0 Å². The molecule has 1 aliphatic rings. The second-order valence-corrected chi connectivity index (χ2v) is 5.33. The first-order valence-corrected chi connectivity index (χ1v) is 7.02. The summed E-state index contributed by atoms with van der Waals surface area (Å²) in [4.78, 5) is 4.82. The van der Waals surface area contributed by atoms with Crippen LogP contribution in [0, 0.1) is 0 Å². The first kappa shape index (κ1) is 13.7. The molecule has 1 fully saturated rings. The van der Waals surface area contributed by atoms with Crippen LogP contribution < -0.4 is 10.6 Å². The smallest absolute Gasteiger partial charge is 0.0642 e. The highest BCUT2D eigenvalue weighted by molar-refractivity contribution is 6.33. The Kier molecular flexibility index (Phi) is 4.49. The molecule has 1 aliphatic heterocycles. The quantitative estimate of drug-likeness (QED) is 0.913. The minimum atomic E-state index is 0.0356. The van der Waals surface area contributed by atoms with Crippen molar-refractivity contribution in [3.8, 4) is 0 Å². The van der Waals surface area contributed by atoms with Crippen LogP contribution in [0.1, 0.15) is 25.5 Å². The first-order valence-electron chi connectivity index (χ1n) is 6.64. The molecule has 0 bridgehead atoms. The largest absolute Gasteiger partial charge is 0.368 e. The van der Waals surface area contributed by atoms with Crippen LogP contribution in [0.25, 0.3) is 0 Å². The van der Waals surface area contributed by atoms with Gasteiger partial charge in [-0.2, -0.15) is 0 Å². The molecular formula is C14H22ClN3. The SMILES string of the molecule is CCN1CCN(c2ccc([C@H](C)N)cc2Cl)CC1. The second kappa shape index (κ2) is 5.91. The van der Waals surface area contributed by atoms with Crippen LogP contribution in [0.4, 0.5) is 5.69 Å². The fourth-order valence-electron chi connectivity index (χ4n) is 2.37. The van der Waals surface area contributed by atoms with Gasteiger partial charge < -0.3 is 15.5 Å². The Morgan fingerprint density at radius 1 is 1.28 bits per heavy atom. The zero-order valence-corrected chi connectivity index (χ0v) is 12.0. The summed E-state index contributed by atoms with van der Waals surface area (Å²) in [6.07, 6.45) is 0. The second-order valence-electron chi connectivity index (χ2n) is 4.92.